The van der Waals surface area contributed by atoms with Crippen LogP contribution in [0.25, 0.3) is 10.8 Å². The number of azo groups is 1. The zero-order chi connectivity index (χ0) is 23.3. The summed E-state index contributed by atoms with van der Waals surface area (Å²) < 4.78 is 28.6. The molecule has 1 fully saturated rings. The van der Waals surface area contributed by atoms with Crippen LogP contribution >= 0.6 is 15.9 Å². The highest BCUT2D eigenvalue weighted by Gasteiger charge is 2.16. The number of nitrogens with one attached hydrogen (secondary N) is 1. The molecule has 3 N–H and O–H groups in total. The second kappa shape index (κ2) is 10.6. The van der Waals surface area contributed by atoms with Gasteiger partial charge in [-0.15, -0.1) is 10.2 Å². The molecule has 174 valence electrons. The molecular weight excluding hydrogens is 506 g/mol. The van der Waals surface area contributed by atoms with Gasteiger partial charge >= 0.3 is 0 Å². The van der Waals surface area contributed by atoms with Crippen LogP contribution in [0.1, 0.15) is 25.7 Å². The van der Waals surface area contributed by atoms with Gasteiger partial charge < -0.3 is 10.6 Å². The van der Waals surface area contributed by atoms with Crippen molar-refractivity contribution in [2.75, 3.05) is 31.9 Å². The largest absolute Gasteiger partial charge is 0.382 e. The molecule has 1 saturated heterocycles. The van der Waals surface area contributed by atoms with Crippen molar-refractivity contribution in [3.05, 3.63) is 47.2 Å². The van der Waals surface area contributed by atoms with E-state index in [0.717, 1.165) is 41.3 Å². The Kier molecular flexibility index (Phi) is 7.63. The van der Waals surface area contributed by atoms with Crippen molar-refractivity contribution in [2.24, 2.45) is 10.2 Å². The molecule has 1 aromatic carbocycles. The average Bonchev–Trinajstić information content (AvgIpc) is 2.82. The third kappa shape index (κ3) is 6.11. The molecule has 0 aliphatic carbocycles. The van der Waals surface area contributed by atoms with Crippen molar-refractivity contribution in [1.82, 2.24) is 19.6 Å². The summed E-state index contributed by atoms with van der Waals surface area (Å²) in [5.74, 6) is 0.255. The second-order valence-electron chi connectivity index (χ2n) is 7.93. The van der Waals surface area contributed by atoms with Gasteiger partial charge in [-0.1, -0.05) is 28.4 Å². The summed E-state index contributed by atoms with van der Waals surface area (Å²) in [5.41, 5.74) is 6.85. The number of pyridine rings is 2. The Labute approximate surface area is 201 Å². The molecule has 0 atom stereocenters. The minimum atomic E-state index is -3.67. The van der Waals surface area contributed by atoms with Gasteiger partial charge in [0.05, 0.1) is 6.20 Å². The number of fused-ring (bicyclic) bond motifs is 1. The number of halogens is 1. The summed E-state index contributed by atoms with van der Waals surface area (Å²) in [6, 6.07) is 8.69. The number of anilines is 1. The zero-order valence-electron chi connectivity index (χ0n) is 18.1. The maximum absolute atomic E-state index is 12.5. The second-order valence-corrected chi connectivity index (χ2v) is 10.6. The minimum Gasteiger partial charge on any atom is -0.382 e. The summed E-state index contributed by atoms with van der Waals surface area (Å²) in [5, 5.41) is 10.1. The topological polar surface area (TPSA) is 126 Å². The van der Waals surface area contributed by atoms with Gasteiger partial charge in [0.15, 0.2) is 10.8 Å². The fourth-order valence-electron chi connectivity index (χ4n) is 3.75. The Morgan fingerprint density at radius 2 is 1.88 bits per heavy atom. The molecule has 1 aliphatic rings. The molecule has 33 heavy (non-hydrogen) atoms. The first-order valence-electron chi connectivity index (χ1n) is 10.9. The van der Waals surface area contributed by atoms with Crippen LogP contribution in [0.4, 0.5) is 17.2 Å². The molecule has 3 heterocycles. The summed E-state index contributed by atoms with van der Waals surface area (Å²) >= 11 is 3.45. The van der Waals surface area contributed by atoms with Crippen LogP contribution in [0.3, 0.4) is 0 Å². The Bertz CT molecular complexity index is 1240. The van der Waals surface area contributed by atoms with Crippen LogP contribution in [0.15, 0.2) is 62.5 Å². The number of sulfonamides is 1. The lowest BCUT2D eigenvalue weighted by Crippen LogP contribution is -2.33. The van der Waals surface area contributed by atoms with E-state index in [1.807, 2.05) is 18.2 Å². The van der Waals surface area contributed by atoms with E-state index in [1.54, 1.807) is 12.3 Å². The Morgan fingerprint density at radius 1 is 1.06 bits per heavy atom. The van der Waals surface area contributed by atoms with Crippen molar-refractivity contribution in [1.29, 1.82) is 0 Å². The summed E-state index contributed by atoms with van der Waals surface area (Å²) in [6.07, 6.45) is 7.55. The molecule has 0 amide bonds. The van der Waals surface area contributed by atoms with Gasteiger partial charge in [-0.3, -0.25) is 0 Å². The van der Waals surface area contributed by atoms with E-state index in [0.29, 0.717) is 17.9 Å². The van der Waals surface area contributed by atoms with Crippen molar-refractivity contribution < 1.29 is 8.42 Å². The first-order valence-corrected chi connectivity index (χ1v) is 13.1. The number of nitrogens with two attached hydrogens (primary N) is 1. The molecule has 0 spiro atoms. The maximum atomic E-state index is 12.5. The number of piperidine rings is 1. The summed E-state index contributed by atoms with van der Waals surface area (Å²) in [4.78, 5) is 10.6. The van der Waals surface area contributed by atoms with E-state index in [9.17, 15) is 8.42 Å². The predicted octanol–water partition coefficient (Wildman–Crippen LogP) is 4.54. The molecule has 3 aromatic rings. The lowest BCUT2D eigenvalue weighted by Gasteiger charge is -2.26. The minimum absolute atomic E-state index is 0.0466. The smallest absolute Gasteiger partial charge is 0.258 e. The highest BCUT2D eigenvalue weighted by atomic mass is 79.9. The number of nitrogens with zero attached hydrogens (tertiary/aromatic N) is 5. The molecule has 11 heteroatoms. The van der Waals surface area contributed by atoms with Gasteiger partial charge in [-0.05, 0) is 63.2 Å². The molecule has 1 aliphatic heterocycles. The highest BCUT2D eigenvalue weighted by Crippen LogP contribution is 2.33. The molecule has 0 saturated carbocycles. The van der Waals surface area contributed by atoms with E-state index in [-0.39, 0.29) is 10.8 Å². The standard InChI is InChI=1S/C22H26BrN7O2S/c23-17-6-5-16-14-26-22(24)21(19(16)13-17)29-28-18-7-8-20(25-15-18)33(31,32)27-9-4-12-30-10-2-1-3-11-30/h5-8,13-15,27H,1-4,9-12H2,(H2,24,26). The molecule has 9 nitrogen and oxygen atoms in total. The quantitative estimate of drug-likeness (QED) is 0.324. The van der Waals surface area contributed by atoms with Crippen molar-refractivity contribution in [2.45, 2.75) is 30.7 Å². The molecular formula is C22H26BrN7O2S. The number of likely N-dealkylation sites (tertiary alicyclic amines) is 1. The number of rotatable bonds is 8. The van der Waals surface area contributed by atoms with Crippen LogP contribution in [-0.4, -0.2) is 49.5 Å². The predicted molar refractivity (Wildman–Crippen MR) is 132 cm³/mol. The lowest BCUT2D eigenvalue weighted by molar-refractivity contribution is 0.227. The van der Waals surface area contributed by atoms with Crippen LogP contribution < -0.4 is 10.5 Å². The van der Waals surface area contributed by atoms with Gasteiger partial charge in [-0.2, -0.15) is 0 Å². The van der Waals surface area contributed by atoms with Gasteiger partial charge in [0.1, 0.15) is 11.4 Å². The van der Waals surface area contributed by atoms with E-state index >= 15 is 0 Å². The number of hydrogen-bond acceptors (Lipinski definition) is 8. The Balaban J connectivity index is 1.40. The average molecular weight is 532 g/mol. The van der Waals surface area contributed by atoms with Crippen molar-refractivity contribution in [3.8, 4) is 0 Å². The molecule has 0 radical (unpaired) electrons. The van der Waals surface area contributed by atoms with Crippen molar-refractivity contribution >= 4 is 53.9 Å². The molecule has 4 rings (SSSR count). The molecule has 0 unspecified atom stereocenters. The Morgan fingerprint density at radius 3 is 2.64 bits per heavy atom. The number of nitrogen functional groups attached to an aromatic ring is 1. The van der Waals surface area contributed by atoms with E-state index in [4.69, 9.17) is 5.73 Å². The zero-order valence-corrected chi connectivity index (χ0v) is 20.5. The number of hydrogen-bond donors (Lipinski definition) is 2. The first kappa shape index (κ1) is 23.7. The van der Waals surface area contributed by atoms with Gasteiger partial charge in [-0.25, -0.2) is 23.1 Å². The van der Waals surface area contributed by atoms with Gasteiger partial charge in [0.25, 0.3) is 10.0 Å². The van der Waals surface area contributed by atoms with E-state index in [2.05, 4.69) is 45.7 Å². The van der Waals surface area contributed by atoms with E-state index in [1.165, 1.54) is 31.5 Å². The normalized spacial score (nSPS) is 15.4. The monoisotopic (exact) mass is 531 g/mol. The molecule has 2 aromatic heterocycles. The third-order valence-corrected chi connectivity index (χ3v) is 7.38. The third-order valence-electron chi connectivity index (χ3n) is 5.51. The fraction of sp³-hybridized carbons (Fsp3) is 0.364. The van der Waals surface area contributed by atoms with Crippen LogP contribution in [0.5, 0.6) is 0 Å². The number of benzene rings is 1. The fourth-order valence-corrected chi connectivity index (χ4v) is 5.11. The summed E-state index contributed by atoms with van der Waals surface area (Å²) in [6.45, 7) is 3.48. The molecule has 0 bridgehead atoms. The van der Waals surface area contributed by atoms with Gasteiger partial charge in [0.2, 0.25) is 0 Å². The summed E-state index contributed by atoms with van der Waals surface area (Å²) in [7, 11) is -3.67. The van der Waals surface area contributed by atoms with Crippen LogP contribution in [-0.2, 0) is 10.0 Å². The van der Waals surface area contributed by atoms with Crippen LogP contribution in [0, 0.1) is 0 Å². The lowest BCUT2D eigenvalue weighted by atomic mass is 10.1. The van der Waals surface area contributed by atoms with E-state index < -0.39 is 10.0 Å². The number of aromatic nitrogens is 2. The van der Waals surface area contributed by atoms with Gasteiger partial charge in [0, 0.05) is 28.0 Å². The SMILES string of the molecule is Nc1ncc2ccc(Br)cc2c1N=Nc1ccc(S(=O)(=O)NCCCN2CCCCC2)nc1. The maximum Gasteiger partial charge on any atom is 0.258 e. The first-order chi connectivity index (χ1) is 15.9. The van der Waals surface area contributed by atoms with Crippen molar-refractivity contribution in [3.63, 3.8) is 0 Å². The Hall–Kier alpha value is -2.47. The highest BCUT2D eigenvalue weighted by molar-refractivity contribution is 9.10. The van der Waals surface area contributed by atoms with Crippen LogP contribution in [0.2, 0.25) is 0 Å².